The van der Waals surface area contributed by atoms with Crippen molar-refractivity contribution < 1.29 is 4.79 Å². The van der Waals surface area contributed by atoms with Crippen molar-refractivity contribution in [3.63, 3.8) is 0 Å². The van der Waals surface area contributed by atoms with E-state index in [1.165, 1.54) is 18.8 Å². The molecule has 0 aliphatic carbocycles. The highest BCUT2D eigenvalue weighted by atomic mass is 16.2. The third-order valence-corrected chi connectivity index (χ3v) is 3.50. The predicted octanol–water partition coefficient (Wildman–Crippen LogP) is 1.02. The number of piperidine rings is 1. The van der Waals surface area contributed by atoms with Crippen LogP contribution in [-0.4, -0.2) is 33.9 Å². The highest BCUT2D eigenvalue weighted by Crippen LogP contribution is 2.20. The zero-order chi connectivity index (χ0) is 13.0. The number of hydrazine groups is 1. The molecule has 0 aromatic carbocycles. The van der Waals surface area contributed by atoms with E-state index in [9.17, 15) is 4.79 Å². The zero-order valence-electron chi connectivity index (χ0n) is 10.6. The molecule has 2 rings (SSSR count). The number of nitrogen functional groups attached to an aromatic ring is 1. The molecule has 0 spiro atoms. The third kappa shape index (κ3) is 2.76. The smallest absolute Gasteiger partial charge is 0.274 e. The van der Waals surface area contributed by atoms with Crippen molar-refractivity contribution in [2.75, 3.05) is 18.5 Å². The van der Waals surface area contributed by atoms with Gasteiger partial charge in [-0.1, -0.05) is 13.3 Å². The topological polar surface area (TPSA) is 84.1 Å². The molecule has 1 aliphatic rings. The van der Waals surface area contributed by atoms with Crippen LogP contribution in [0, 0.1) is 5.92 Å². The Morgan fingerprint density at radius 1 is 1.44 bits per heavy atom. The number of carbonyl (C=O) groups is 1. The highest BCUT2D eigenvalue weighted by Gasteiger charge is 2.23. The quantitative estimate of drug-likeness (QED) is 0.617. The Bertz CT molecular complexity index is 397. The molecule has 1 aromatic rings. The summed E-state index contributed by atoms with van der Waals surface area (Å²) in [6.45, 7) is 3.83. The number of rotatable bonds is 3. The molecular weight excluding hydrogens is 230 g/mol. The van der Waals surface area contributed by atoms with E-state index in [2.05, 4.69) is 22.3 Å². The SMILES string of the molecule is CCC1CCN(C(=O)c2cnc(NN)cn2)CC1. The summed E-state index contributed by atoms with van der Waals surface area (Å²) in [5.74, 6) is 6.37. The lowest BCUT2D eigenvalue weighted by Crippen LogP contribution is -2.38. The first kappa shape index (κ1) is 12.8. The van der Waals surface area contributed by atoms with E-state index >= 15 is 0 Å². The second-order valence-electron chi connectivity index (χ2n) is 4.58. The van der Waals surface area contributed by atoms with Crippen LogP contribution in [0.25, 0.3) is 0 Å². The summed E-state index contributed by atoms with van der Waals surface area (Å²) < 4.78 is 0. The van der Waals surface area contributed by atoms with Crippen molar-refractivity contribution in [2.45, 2.75) is 26.2 Å². The maximum Gasteiger partial charge on any atom is 0.274 e. The fraction of sp³-hybridized carbons (Fsp3) is 0.583. The first-order chi connectivity index (χ1) is 8.74. The van der Waals surface area contributed by atoms with Crippen molar-refractivity contribution >= 4 is 11.7 Å². The molecule has 3 N–H and O–H groups in total. The molecular formula is C12H19N5O. The molecule has 0 atom stereocenters. The average molecular weight is 249 g/mol. The monoisotopic (exact) mass is 249 g/mol. The number of nitrogens with two attached hydrogens (primary N) is 1. The summed E-state index contributed by atoms with van der Waals surface area (Å²) >= 11 is 0. The van der Waals surface area contributed by atoms with Crippen molar-refractivity contribution in [1.82, 2.24) is 14.9 Å². The molecule has 1 fully saturated rings. The van der Waals surface area contributed by atoms with Crippen LogP contribution in [0.3, 0.4) is 0 Å². The van der Waals surface area contributed by atoms with Crippen molar-refractivity contribution in [2.24, 2.45) is 11.8 Å². The number of nitrogens with zero attached hydrogens (tertiary/aromatic N) is 3. The Morgan fingerprint density at radius 3 is 2.67 bits per heavy atom. The van der Waals surface area contributed by atoms with Gasteiger partial charge in [-0.2, -0.15) is 0 Å². The van der Waals surface area contributed by atoms with E-state index in [1.54, 1.807) is 0 Å². The van der Waals surface area contributed by atoms with E-state index in [1.807, 2.05) is 4.90 Å². The highest BCUT2D eigenvalue weighted by molar-refractivity contribution is 5.92. The van der Waals surface area contributed by atoms with Crippen molar-refractivity contribution in [3.05, 3.63) is 18.1 Å². The summed E-state index contributed by atoms with van der Waals surface area (Å²) in [7, 11) is 0. The second kappa shape index (κ2) is 5.77. The molecule has 1 aromatic heterocycles. The Labute approximate surface area is 107 Å². The lowest BCUT2D eigenvalue weighted by Gasteiger charge is -2.31. The largest absolute Gasteiger partial charge is 0.337 e. The van der Waals surface area contributed by atoms with Gasteiger partial charge in [0, 0.05) is 13.1 Å². The number of hydrogen-bond donors (Lipinski definition) is 2. The minimum absolute atomic E-state index is 0.0411. The Kier molecular flexibility index (Phi) is 4.09. The zero-order valence-corrected chi connectivity index (χ0v) is 10.6. The number of carbonyl (C=O) groups excluding carboxylic acids is 1. The van der Waals surface area contributed by atoms with Gasteiger partial charge in [0.1, 0.15) is 5.69 Å². The first-order valence-electron chi connectivity index (χ1n) is 6.32. The van der Waals surface area contributed by atoms with Crippen LogP contribution in [0.2, 0.25) is 0 Å². The molecule has 1 saturated heterocycles. The Hall–Kier alpha value is -1.69. The molecule has 1 amide bonds. The lowest BCUT2D eigenvalue weighted by atomic mass is 9.94. The summed E-state index contributed by atoms with van der Waals surface area (Å²) in [6, 6.07) is 0. The van der Waals surface area contributed by atoms with Crippen LogP contribution < -0.4 is 11.3 Å². The van der Waals surface area contributed by atoms with Gasteiger partial charge in [0.15, 0.2) is 5.82 Å². The van der Waals surface area contributed by atoms with E-state index in [0.29, 0.717) is 11.5 Å². The normalized spacial score (nSPS) is 16.7. The van der Waals surface area contributed by atoms with Gasteiger partial charge in [-0.05, 0) is 18.8 Å². The maximum absolute atomic E-state index is 12.2. The predicted molar refractivity (Wildman–Crippen MR) is 68.8 cm³/mol. The van der Waals surface area contributed by atoms with Crippen molar-refractivity contribution in [3.8, 4) is 0 Å². The fourth-order valence-corrected chi connectivity index (χ4v) is 2.22. The molecule has 0 radical (unpaired) electrons. The summed E-state index contributed by atoms with van der Waals surface area (Å²) in [6.07, 6.45) is 6.28. The minimum Gasteiger partial charge on any atom is -0.337 e. The number of likely N-dealkylation sites (tertiary alicyclic amines) is 1. The number of aromatic nitrogens is 2. The molecule has 18 heavy (non-hydrogen) atoms. The molecule has 98 valence electrons. The Balaban J connectivity index is 1.98. The molecule has 0 bridgehead atoms. The van der Waals surface area contributed by atoms with Gasteiger partial charge < -0.3 is 10.3 Å². The standard InChI is InChI=1S/C12H19N5O/c1-2-9-3-5-17(6-4-9)12(18)10-7-15-11(16-13)8-14-10/h7-9H,2-6,13H2,1H3,(H,15,16). The molecule has 6 heteroatoms. The lowest BCUT2D eigenvalue weighted by molar-refractivity contribution is 0.0682. The van der Waals surface area contributed by atoms with Gasteiger partial charge in [-0.15, -0.1) is 0 Å². The van der Waals surface area contributed by atoms with E-state index in [0.717, 1.165) is 31.8 Å². The van der Waals surface area contributed by atoms with Crippen molar-refractivity contribution in [1.29, 1.82) is 0 Å². The van der Waals surface area contributed by atoms with Crippen LogP contribution in [0.1, 0.15) is 36.7 Å². The second-order valence-corrected chi connectivity index (χ2v) is 4.58. The Morgan fingerprint density at radius 2 is 2.17 bits per heavy atom. The average Bonchev–Trinajstić information content (AvgIpc) is 2.47. The van der Waals surface area contributed by atoms with Crippen LogP contribution in [-0.2, 0) is 0 Å². The molecule has 1 aliphatic heterocycles. The molecule has 0 unspecified atom stereocenters. The van der Waals surface area contributed by atoms with Gasteiger partial charge in [-0.25, -0.2) is 15.8 Å². The fourth-order valence-electron chi connectivity index (χ4n) is 2.22. The number of amides is 1. The van der Waals surface area contributed by atoms with Gasteiger partial charge in [0.05, 0.1) is 12.4 Å². The number of anilines is 1. The van der Waals surface area contributed by atoms with Gasteiger partial charge in [0.2, 0.25) is 0 Å². The summed E-state index contributed by atoms with van der Waals surface area (Å²) in [4.78, 5) is 22.1. The summed E-state index contributed by atoms with van der Waals surface area (Å²) in [5, 5.41) is 0. The first-order valence-corrected chi connectivity index (χ1v) is 6.32. The van der Waals surface area contributed by atoms with Gasteiger partial charge in [0.25, 0.3) is 5.91 Å². The molecule has 6 nitrogen and oxygen atoms in total. The van der Waals surface area contributed by atoms with E-state index in [-0.39, 0.29) is 5.91 Å². The van der Waals surface area contributed by atoms with Crippen LogP contribution in [0.4, 0.5) is 5.82 Å². The van der Waals surface area contributed by atoms with Crippen LogP contribution in [0.5, 0.6) is 0 Å². The molecule has 0 saturated carbocycles. The minimum atomic E-state index is -0.0411. The van der Waals surface area contributed by atoms with Crippen LogP contribution >= 0.6 is 0 Å². The van der Waals surface area contributed by atoms with Gasteiger partial charge >= 0.3 is 0 Å². The maximum atomic E-state index is 12.2. The van der Waals surface area contributed by atoms with E-state index in [4.69, 9.17) is 5.84 Å². The van der Waals surface area contributed by atoms with Crippen LogP contribution in [0.15, 0.2) is 12.4 Å². The van der Waals surface area contributed by atoms with Gasteiger partial charge in [-0.3, -0.25) is 4.79 Å². The number of nitrogens with one attached hydrogen (secondary N) is 1. The van der Waals surface area contributed by atoms with E-state index < -0.39 is 0 Å². The summed E-state index contributed by atoms with van der Waals surface area (Å²) in [5.41, 5.74) is 2.77. The third-order valence-electron chi connectivity index (χ3n) is 3.50. The number of hydrogen-bond acceptors (Lipinski definition) is 5. The molecule has 2 heterocycles.